The van der Waals surface area contributed by atoms with Crippen LogP contribution in [0.2, 0.25) is 0 Å². The number of rotatable bonds is 3. The highest BCUT2D eigenvalue weighted by Crippen LogP contribution is 1.83. The number of nitrogens with one attached hydrogen (secondary N) is 1. The first-order valence-electron chi connectivity index (χ1n) is 3.18. The first-order valence-corrected chi connectivity index (χ1v) is 3.18. The van der Waals surface area contributed by atoms with E-state index < -0.39 is 0 Å². The Morgan fingerprint density at radius 3 is 2.27 bits per heavy atom. The molecule has 0 heterocycles. The highest BCUT2D eigenvalue weighted by Gasteiger charge is 2.05. The molecule has 11 heavy (non-hydrogen) atoms. The van der Waals surface area contributed by atoms with Gasteiger partial charge in [-0.2, -0.15) is 0 Å². The molecule has 0 aromatic carbocycles. The van der Waals surface area contributed by atoms with Gasteiger partial charge in [0.15, 0.2) is 0 Å². The topological polar surface area (TPSA) is 69.6 Å². The Morgan fingerprint density at radius 2 is 2.00 bits per heavy atom. The number of hydrogen-bond acceptors (Lipinski definition) is 3. The van der Waals surface area contributed by atoms with Crippen LogP contribution in [0.25, 0.3) is 0 Å². The largest absolute Gasteiger partial charge is 0.376 e. The molecule has 0 atom stereocenters. The van der Waals surface area contributed by atoms with Crippen molar-refractivity contribution in [2.45, 2.75) is 13.8 Å². The van der Waals surface area contributed by atoms with E-state index in [4.69, 9.17) is 5.11 Å². The van der Waals surface area contributed by atoms with E-state index in [2.05, 4.69) is 5.32 Å². The highest BCUT2D eigenvalue weighted by atomic mass is 16.3. The molecule has 0 aliphatic heterocycles. The van der Waals surface area contributed by atoms with Gasteiger partial charge in [0.25, 0.3) is 0 Å². The maximum atomic E-state index is 10.6. The van der Waals surface area contributed by atoms with Gasteiger partial charge in [-0.3, -0.25) is 9.59 Å². The van der Waals surface area contributed by atoms with E-state index in [0.717, 1.165) is 4.90 Å². The Bertz CT molecular complexity index is 158. The number of carbonyl (C=O) groups excluding carboxylic acids is 2. The van der Waals surface area contributed by atoms with Crippen molar-refractivity contribution in [3.63, 3.8) is 0 Å². The molecule has 0 spiro atoms. The zero-order chi connectivity index (χ0) is 8.85. The van der Waals surface area contributed by atoms with Crippen LogP contribution in [0, 0.1) is 0 Å². The summed E-state index contributed by atoms with van der Waals surface area (Å²) in [6.07, 6.45) is 0. The van der Waals surface area contributed by atoms with Crippen molar-refractivity contribution in [2.24, 2.45) is 0 Å². The zero-order valence-electron chi connectivity index (χ0n) is 6.63. The van der Waals surface area contributed by atoms with Crippen molar-refractivity contribution in [2.75, 3.05) is 13.4 Å². The summed E-state index contributed by atoms with van der Waals surface area (Å²) in [5.41, 5.74) is 0. The molecule has 64 valence electrons. The summed E-state index contributed by atoms with van der Waals surface area (Å²) in [6, 6.07) is 0. The molecule has 0 rings (SSSR count). The molecule has 5 nitrogen and oxygen atoms in total. The van der Waals surface area contributed by atoms with Crippen molar-refractivity contribution in [3.8, 4) is 0 Å². The number of nitrogens with zero attached hydrogens (tertiary/aromatic N) is 1. The van der Waals surface area contributed by atoms with Crippen molar-refractivity contribution in [1.82, 2.24) is 10.2 Å². The highest BCUT2D eigenvalue weighted by molar-refractivity contribution is 5.75. The fourth-order valence-corrected chi connectivity index (χ4v) is 0.468. The molecule has 0 bridgehead atoms. The van der Waals surface area contributed by atoms with Crippen LogP contribution in [0.3, 0.4) is 0 Å². The van der Waals surface area contributed by atoms with E-state index in [1.54, 1.807) is 0 Å². The lowest BCUT2D eigenvalue weighted by molar-refractivity contribution is -0.133. The van der Waals surface area contributed by atoms with Gasteiger partial charge in [-0.15, -0.1) is 0 Å². The smallest absolute Gasteiger partial charge is 0.222 e. The number of carbonyl (C=O) groups is 2. The fraction of sp³-hybridized carbons (Fsp3) is 0.667. The molecule has 0 fully saturated rings. The Kier molecular flexibility index (Phi) is 4.21. The Balaban J connectivity index is 3.70. The molecule has 5 heteroatoms. The van der Waals surface area contributed by atoms with Gasteiger partial charge >= 0.3 is 0 Å². The quantitative estimate of drug-likeness (QED) is 0.514. The van der Waals surface area contributed by atoms with E-state index >= 15 is 0 Å². The van der Waals surface area contributed by atoms with E-state index in [1.807, 2.05) is 0 Å². The van der Waals surface area contributed by atoms with Crippen LogP contribution >= 0.6 is 0 Å². The third-order valence-electron chi connectivity index (χ3n) is 1.13. The van der Waals surface area contributed by atoms with E-state index in [-0.39, 0.29) is 25.2 Å². The molecular formula is C6H12N2O3. The van der Waals surface area contributed by atoms with Crippen LogP contribution in [-0.2, 0) is 9.59 Å². The predicted octanol–water partition coefficient (Wildman–Crippen LogP) is -1.12. The third-order valence-corrected chi connectivity index (χ3v) is 1.13. The van der Waals surface area contributed by atoms with Gasteiger partial charge in [-0.1, -0.05) is 0 Å². The summed E-state index contributed by atoms with van der Waals surface area (Å²) in [6.45, 7) is 2.34. The van der Waals surface area contributed by atoms with E-state index in [9.17, 15) is 9.59 Å². The van der Waals surface area contributed by atoms with Gasteiger partial charge in [0.05, 0.1) is 6.67 Å². The molecule has 0 saturated heterocycles. The summed E-state index contributed by atoms with van der Waals surface area (Å²) in [5.74, 6) is -0.508. The van der Waals surface area contributed by atoms with Crippen LogP contribution < -0.4 is 5.32 Å². The van der Waals surface area contributed by atoms with Crippen LogP contribution in [0.4, 0.5) is 0 Å². The van der Waals surface area contributed by atoms with Gasteiger partial charge < -0.3 is 15.3 Å². The molecule has 0 unspecified atom stereocenters. The lowest BCUT2D eigenvalue weighted by Gasteiger charge is -2.17. The maximum absolute atomic E-state index is 10.6. The second kappa shape index (κ2) is 4.68. The third kappa shape index (κ3) is 4.32. The van der Waals surface area contributed by atoms with Crippen molar-refractivity contribution in [1.29, 1.82) is 0 Å². The van der Waals surface area contributed by atoms with Gasteiger partial charge in [-0.05, 0) is 0 Å². The Morgan fingerprint density at radius 1 is 1.45 bits per heavy atom. The number of hydrogen-bond donors (Lipinski definition) is 2. The van der Waals surface area contributed by atoms with E-state index in [0.29, 0.717) is 0 Å². The second-order valence-electron chi connectivity index (χ2n) is 2.09. The Hall–Kier alpha value is -1.10. The van der Waals surface area contributed by atoms with Crippen LogP contribution in [0.5, 0.6) is 0 Å². The van der Waals surface area contributed by atoms with Crippen LogP contribution in [-0.4, -0.2) is 35.2 Å². The Labute approximate surface area is 65.0 Å². The first kappa shape index (κ1) is 9.90. The standard InChI is InChI=1S/C6H12N2O3/c1-5(10)7-3-8(4-9)6(2)11/h9H,3-4H2,1-2H3,(H,7,10). The fourth-order valence-electron chi connectivity index (χ4n) is 0.468. The van der Waals surface area contributed by atoms with Gasteiger partial charge in [0.1, 0.15) is 6.73 Å². The molecule has 2 N–H and O–H groups in total. The summed E-state index contributed by atoms with van der Waals surface area (Å²) >= 11 is 0. The number of amides is 2. The molecule has 0 aromatic rings. The molecule has 0 saturated carbocycles. The molecule has 0 aromatic heterocycles. The minimum atomic E-state index is -0.379. The average Bonchev–Trinajstić information content (AvgIpc) is 1.87. The summed E-state index contributed by atoms with van der Waals surface area (Å²) in [4.78, 5) is 22.1. The molecule has 2 amide bonds. The summed E-state index contributed by atoms with van der Waals surface area (Å²) in [5, 5.41) is 10.9. The molecular weight excluding hydrogens is 148 g/mol. The SMILES string of the molecule is CC(=O)NCN(CO)C(C)=O. The summed E-state index contributed by atoms with van der Waals surface area (Å²) < 4.78 is 0. The number of aliphatic hydroxyl groups excluding tert-OH is 1. The average molecular weight is 160 g/mol. The van der Waals surface area contributed by atoms with Crippen molar-refractivity contribution in [3.05, 3.63) is 0 Å². The summed E-state index contributed by atoms with van der Waals surface area (Å²) in [7, 11) is 0. The molecule has 0 radical (unpaired) electrons. The van der Waals surface area contributed by atoms with Crippen LogP contribution in [0.1, 0.15) is 13.8 Å². The zero-order valence-corrected chi connectivity index (χ0v) is 6.63. The van der Waals surface area contributed by atoms with Crippen molar-refractivity contribution < 1.29 is 14.7 Å². The van der Waals surface area contributed by atoms with Gasteiger partial charge in [-0.25, -0.2) is 0 Å². The molecule has 0 aliphatic rings. The molecule has 0 aliphatic carbocycles. The minimum absolute atomic E-state index is 0.0567. The van der Waals surface area contributed by atoms with Crippen molar-refractivity contribution >= 4 is 11.8 Å². The second-order valence-corrected chi connectivity index (χ2v) is 2.09. The van der Waals surface area contributed by atoms with Gasteiger partial charge in [0, 0.05) is 13.8 Å². The van der Waals surface area contributed by atoms with Gasteiger partial charge in [0.2, 0.25) is 11.8 Å². The lowest BCUT2D eigenvalue weighted by Crippen LogP contribution is -2.39. The number of aliphatic hydroxyl groups is 1. The predicted molar refractivity (Wildman–Crippen MR) is 38.3 cm³/mol. The van der Waals surface area contributed by atoms with Crippen LogP contribution in [0.15, 0.2) is 0 Å². The normalized spacial score (nSPS) is 9.00. The maximum Gasteiger partial charge on any atom is 0.222 e. The lowest BCUT2D eigenvalue weighted by atomic mass is 10.6. The minimum Gasteiger partial charge on any atom is -0.376 e. The first-order chi connectivity index (χ1) is 5.07. The monoisotopic (exact) mass is 160 g/mol. The van der Waals surface area contributed by atoms with E-state index in [1.165, 1.54) is 13.8 Å².